The van der Waals surface area contributed by atoms with E-state index in [-0.39, 0.29) is 6.61 Å². The highest BCUT2D eigenvalue weighted by Crippen LogP contribution is 2.10. The largest absolute Gasteiger partial charge is 0.395 e. The van der Waals surface area contributed by atoms with Crippen molar-refractivity contribution in [2.45, 2.75) is 26.8 Å². The lowest BCUT2D eigenvalue weighted by molar-refractivity contribution is 0.189. The Morgan fingerprint density at radius 2 is 2.29 bits per heavy atom. The van der Waals surface area contributed by atoms with Crippen LogP contribution >= 0.6 is 11.3 Å². The van der Waals surface area contributed by atoms with Crippen molar-refractivity contribution >= 4 is 11.3 Å². The molecule has 0 aromatic carbocycles. The monoisotopic (exact) mass is 214 g/mol. The lowest BCUT2D eigenvalue weighted by Crippen LogP contribution is -2.27. The van der Waals surface area contributed by atoms with Gasteiger partial charge in [0.05, 0.1) is 17.3 Å². The molecule has 4 heteroatoms. The van der Waals surface area contributed by atoms with Crippen LogP contribution in [-0.2, 0) is 6.54 Å². The van der Waals surface area contributed by atoms with E-state index in [0.29, 0.717) is 0 Å². The predicted octanol–water partition coefficient (Wildman–Crippen LogP) is 1.66. The minimum absolute atomic E-state index is 0.225. The number of hydrogen-bond donors (Lipinski definition) is 1. The fraction of sp³-hybridized carbons (Fsp3) is 0.700. The Morgan fingerprint density at radius 3 is 2.79 bits per heavy atom. The van der Waals surface area contributed by atoms with Crippen LogP contribution in [0, 0.1) is 6.92 Å². The lowest BCUT2D eigenvalue weighted by atomic mass is 10.3. The summed E-state index contributed by atoms with van der Waals surface area (Å²) >= 11 is 1.68. The number of aryl methyl sites for hydroxylation is 1. The molecule has 1 aromatic heterocycles. The third-order valence-corrected chi connectivity index (χ3v) is 2.83. The highest BCUT2D eigenvalue weighted by molar-refractivity contribution is 7.09. The van der Waals surface area contributed by atoms with Gasteiger partial charge < -0.3 is 5.11 Å². The van der Waals surface area contributed by atoms with Gasteiger partial charge in [-0.05, 0) is 19.9 Å². The summed E-state index contributed by atoms with van der Waals surface area (Å²) in [5.41, 5.74) is 1.12. The van der Waals surface area contributed by atoms with Gasteiger partial charge in [0.2, 0.25) is 0 Å². The van der Waals surface area contributed by atoms with Crippen molar-refractivity contribution in [1.29, 1.82) is 0 Å². The average molecular weight is 214 g/mol. The smallest absolute Gasteiger partial charge is 0.0897 e. The second kappa shape index (κ2) is 6.11. The molecule has 0 fully saturated rings. The first-order valence-corrected chi connectivity index (χ1v) is 5.88. The Bertz CT molecular complexity index is 256. The second-order valence-corrected chi connectivity index (χ2v) is 4.42. The molecule has 0 aliphatic heterocycles. The molecule has 1 rings (SSSR count). The van der Waals surface area contributed by atoms with E-state index in [2.05, 4.69) is 22.2 Å². The third-order valence-electron chi connectivity index (χ3n) is 2.01. The Morgan fingerprint density at radius 1 is 1.50 bits per heavy atom. The molecule has 1 N–H and O–H groups in total. The number of aromatic nitrogens is 1. The Hall–Kier alpha value is -0.450. The van der Waals surface area contributed by atoms with Crippen LogP contribution in [0.3, 0.4) is 0 Å². The first kappa shape index (κ1) is 11.6. The van der Waals surface area contributed by atoms with Gasteiger partial charge in [0.15, 0.2) is 0 Å². The highest BCUT2D eigenvalue weighted by atomic mass is 32.1. The molecule has 0 spiro atoms. The molecule has 80 valence electrons. The van der Waals surface area contributed by atoms with Gasteiger partial charge in [-0.15, -0.1) is 11.3 Å². The zero-order chi connectivity index (χ0) is 10.4. The van der Waals surface area contributed by atoms with Crippen molar-refractivity contribution in [2.24, 2.45) is 0 Å². The van der Waals surface area contributed by atoms with E-state index in [1.807, 2.05) is 6.92 Å². The minimum atomic E-state index is 0.225. The Labute approximate surface area is 89.4 Å². The van der Waals surface area contributed by atoms with Crippen molar-refractivity contribution in [2.75, 3.05) is 19.7 Å². The Balaban J connectivity index is 2.46. The van der Waals surface area contributed by atoms with Crippen molar-refractivity contribution < 1.29 is 5.11 Å². The van der Waals surface area contributed by atoms with Crippen molar-refractivity contribution in [3.05, 3.63) is 16.1 Å². The molecule has 0 radical (unpaired) electrons. The number of nitrogens with zero attached hydrogens (tertiary/aromatic N) is 2. The molecule has 0 bridgehead atoms. The van der Waals surface area contributed by atoms with Gasteiger partial charge in [-0.3, -0.25) is 4.90 Å². The number of hydrogen-bond acceptors (Lipinski definition) is 4. The molecule has 1 heterocycles. The van der Waals surface area contributed by atoms with E-state index in [9.17, 15) is 0 Å². The molecule has 3 nitrogen and oxygen atoms in total. The standard InChI is InChI=1S/C10H18N2OS/c1-3-4-12(5-6-13)7-10-8-14-9(2)11-10/h8,13H,3-7H2,1-2H3. The van der Waals surface area contributed by atoms with Crippen molar-refractivity contribution in [1.82, 2.24) is 9.88 Å². The first-order chi connectivity index (χ1) is 6.76. The first-order valence-electron chi connectivity index (χ1n) is 5.00. The molecule has 0 saturated heterocycles. The van der Waals surface area contributed by atoms with Gasteiger partial charge in [0, 0.05) is 18.5 Å². The van der Waals surface area contributed by atoms with Gasteiger partial charge >= 0.3 is 0 Å². The SMILES string of the molecule is CCCN(CCO)Cc1csc(C)n1. The number of rotatable bonds is 6. The van der Waals surface area contributed by atoms with Crippen LogP contribution in [0.2, 0.25) is 0 Å². The molecule has 0 aliphatic carbocycles. The van der Waals surface area contributed by atoms with Gasteiger partial charge in [0.1, 0.15) is 0 Å². The molecule has 0 amide bonds. The summed E-state index contributed by atoms with van der Waals surface area (Å²) < 4.78 is 0. The van der Waals surface area contributed by atoms with Crippen LogP contribution in [0.25, 0.3) is 0 Å². The van der Waals surface area contributed by atoms with E-state index >= 15 is 0 Å². The van der Waals surface area contributed by atoms with Gasteiger partial charge in [-0.1, -0.05) is 6.92 Å². The molecule has 0 atom stereocenters. The number of thiazole rings is 1. The summed E-state index contributed by atoms with van der Waals surface area (Å²) in [5, 5.41) is 12.1. The molecule has 0 aliphatic rings. The molecular formula is C10H18N2OS. The normalized spacial score (nSPS) is 11.1. The summed E-state index contributed by atoms with van der Waals surface area (Å²) in [6, 6.07) is 0. The van der Waals surface area contributed by atoms with Gasteiger partial charge in [-0.2, -0.15) is 0 Å². The van der Waals surface area contributed by atoms with Gasteiger partial charge in [0.25, 0.3) is 0 Å². The molecule has 1 aromatic rings. The van der Waals surface area contributed by atoms with Crippen LogP contribution in [0.5, 0.6) is 0 Å². The topological polar surface area (TPSA) is 36.4 Å². The molecule has 14 heavy (non-hydrogen) atoms. The van der Waals surface area contributed by atoms with Crippen molar-refractivity contribution in [3.63, 3.8) is 0 Å². The van der Waals surface area contributed by atoms with E-state index in [4.69, 9.17) is 5.11 Å². The van der Waals surface area contributed by atoms with E-state index in [1.165, 1.54) is 0 Å². The maximum Gasteiger partial charge on any atom is 0.0897 e. The predicted molar refractivity (Wildman–Crippen MR) is 59.5 cm³/mol. The molecular weight excluding hydrogens is 196 g/mol. The summed E-state index contributed by atoms with van der Waals surface area (Å²) in [6.07, 6.45) is 1.11. The van der Waals surface area contributed by atoms with Crippen molar-refractivity contribution in [3.8, 4) is 0 Å². The minimum Gasteiger partial charge on any atom is -0.395 e. The average Bonchev–Trinajstić information content (AvgIpc) is 2.52. The van der Waals surface area contributed by atoms with Crippen LogP contribution in [0.15, 0.2) is 5.38 Å². The molecule has 0 saturated carbocycles. The van der Waals surface area contributed by atoms with E-state index < -0.39 is 0 Å². The lowest BCUT2D eigenvalue weighted by Gasteiger charge is -2.18. The Kier molecular flexibility index (Phi) is 5.07. The quantitative estimate of drug-likeness (QED) is 0.782. The molecule has 0 unspecified atom stereocenters. The maximum absolute atomic E-state index is 8.89. The van der Waals surface area contributed by atoms with Crippen LogP contribution in [-0.4, -0.2) is 34.7 Å². The fourth-order valence-corrected chi connectivity index (χ4v) is 2.04. The van der Waals surface area contributed by atoms with Crippen LogP contribution in [0.1, 0.15) is 24.0 Å². The number of aliphatic hydroxyl groups excluding tert-OH is 1. The summed E-state index contributed by atoms with van der Waals surface area (Å²) in [7, 11) is 0. The fourth-order valence-electron chi connectivity index (χ4n) is 1.44. The van der Waals surface area contributed by atoms with Gasteiger partial charge in [-0.25, -0.2) is 4.98 Å². The summed E-state index contributed by atoms with van der Waals surface area (Å²) in [4.78, 5) is 6.64. The third kappa shape index (κ3) is 3.74. The zero-order valence-electron chi connectivity index (χ0n) is 8.86. The summed E-state index contributed by atoms with van der Waals surface area (Å²) in [5.74, 6) is 0. The highest BCUT2D eigenvalue weighted by Gasteiger charge is 2.06. The van der Waals surface area contributed by atoms with Crippen LogP contribution in [0.4, 0.5) is 0 Å². The van der Waals surface area contributed by atoms with E-state index in [0.717, 1.165) is 36.8 Å². The maximum atomic E-state index is 8.89. The van der Waals surface area contributed by atoms with E-state index in [1.54, 1.807) is 11.3 Å². The zero-order valence-corrected chi connectivity index (χ0v) is 9.68. The second-order valence-electron chi connectivity index (χ2n) is 3.36. The van der Waals surface area contributed by atoms with Crippen LogP contribution < -0.4 is 0 Å². The summed E-state index contributed by atoms with van der Waals surface area (Å²) in [6.45, 7) is 7.02. The number of aliphatic hydroxyl groups is 1.